The maximum atomic E-state index is 6.28. The van der Waals surface area contributed by atoms with Gasteiger partial charge in [-0.05, 0) is 38.3 Å². The molecule has 2 nitrogen and oxygen atoms in total. The van der Waals surface area contributed by atoms with E-state index in [4.69, 9.17) is 17.3 Å². The number of nitrogens with two attached hydrogens (primary N) is 1. The zero-order valence-electron chi connectivity index (χ0n) is 9.34. The zero-order chi connectivity index (χ0) is 11.7. The first-order chi connectivity index (χ1) is 7.59. The number of halogens is 2. The Kier molecular flexibility index (Phi) is 3.65. The van der Waals surface area contributed by atoms with Gasteiger partial charge in [-0.15, -0.1) is 0 Å². The molecule has 88 valence electrons. The lowest BCUT2D eigenvalue weighted by molar-refractivity contribution is 0.485. The monoisotopic (exact) mass is 302 g/mol. The number of anilines is 2. The average Bonchev–Trinajstić information content (AvgIpc) is 2.19. The van der Waals surface area contributed by atoms with Crippen LogP contribution >= 0.6 is 27.5 Å². The highest BCUT2D eigenvalue weighted by molar-refractivity contribution is 9.10. The molecule has 1 fully saturated rings. The fraction of sp³-hybridized carbons (Fsp3) is 0.500. The van der Waals surface area contributed by atoms with Crippen LogP contribution in [-0.4, -0.2) is 12.6 Å². The third kappa shape index (κ3) is 2.30. The van der Waals surface area contributed by atoms with Crippen LogP contribution in [0.4, 0.5) is 11.4 Å². The van der Waals surface area contributed by atoms with E-state index in [2.05, 4.69) is 27.8 Å². The smallest absolute Gasteiger partial charge is 0.0792 e. The third-order valence-corrected chi connectivity index (χ3v) is 3.89. The summed E-state index contributed by atoms with van der Waals surface area (Å²) in [4.78, 5) is 2.33. The van der Waals surface area contributed by atoms with E-state index in [1.807, 2.05) is 12.1 Å². The van der Waals surface area contributed by atoms with Crippen LogP contribution in [0.5, 0.6) is 0 Å². The number of nitrogens with zero attached hydrogens (tertiary/aromatic N) is 1. The molecule has 0 radical (unpaired) electrons. The molecule has 2 rings (SSSR count). The summed E-state index contributed by atoms with van der Waals surface area (Å²) in [6.07, 6.45) is 3.73. The second-order valence-corrected chi connectivity index (χ2v) is 5.69. The van der Waals surface area contributed by atoms with Crippen LogP contribution in [0.15, 0.2) is 16.6 Å². The number of benzene rings is 1. The van der Waals surface area contributed by atoms with Crippen LogP contribution in [0.3, 0.4) is 0 Å². The Balaban J connectivity index is 2.38. The normalized spacial score (nSPS) is 21.2. The van der Waals surface area contributed by atoms with Crippen molar-refractivity contribution in [2.24, 2.45) is 0 Å². The molecule has 1 saturated heterocycles. The van der Waals surface area contributed by atoms with E-state index >= 15 is 0 Å². The highest BCUT2D eigenvalue weighted by Gasteiger charge is 2.22. The van der Waals surface area contributed by atoms with E-state index in [0.29, 0.717) is 6.04 Å². The lowest BCUT2D eigenvalue weighted by Gasteiger charge is -2.36. The minimum Gasteiger partial charge on any atom is -0.397 e. The van der Waals surface area contributed by atoms with Gasteiger partial charge in [0, 0.05) is 17.1 Å². The summed E-state index contributed by atoms with van der Waals surface area (Å²) < 4.78 is 0.934. The van der Waals surface area contributed by atoms with Crippen LogP contribution in [0.1, 0.15) is 26.2 Å². The van der Waals surface area contributed by atoms with Crippen LogP contribution in [0.2, 0.25) is 5.02 Å². The van der Waals surface area contributed by atoms with Crippen LogP contribution in [-0.2, 0) is 0 Å². The van der Waals surface area contributed by atoms with Crippen molar-refractivity contribution >= 4 is 38.9 Å². The van der Waals surface area contributed by atoms with E-state index in [0.717, 1.165) is 27.4 Å². The summed E-state index contributed by atoms with van der Waals surface area (Å²) >= 11 is 9.69. The molecule has 2 N–H and O–H groups in total. The molecule has 4 heteroatoms. The Hall–Kier alpha value is -0.410. The molecule has 1 atom stereocenters. The van der Waals surface area contributed by atoms with Gasteiger partial charge in [0.1, 0.15) is 0 Å². The van der Waals surface area contributed by atoms with Crippen molar-refractivity contribution in [2.45, 2.75) is 32.2 Å². The summed E-state index contributed by atoms with van der Waals surface area (Å²) in [5, 5.41) is 0.737. The maximum Gasteiger partial charge on any atom is 0.0792 e. The number of rotatable bonds is 1. The maximum absolute atomic E-state index is 6.28. The SMILES string of the molecule is C[C@H]1CCCCN1c1c(N)cc(Br)cc1Cl. The fourth-order valence-electron chi connectivity index (χ4n) is 2.32. The predicted octanol–water partition coefficient (Wildman–Crippen LogP) is 4.06. The molecule has 0 bridgehead atoms. The molecule has 0 amide bonds. The first kappa shape index (κ1) is 12.1. The Bertz CT molecular complexity index is 372. The minimum absolute atomic E-state index is 0.523. The molecular formula is C12H16BrClN2. The summed E-state index contributed by atoms with van der Waals surface area (Å²) in [6, 6.07) is 4.35. The van der Waals surface area contributed by atoms with Gasteiger partial charge < -0.3 is 10.6 Å². The van der Waals surface area contributed by atoms with Crippen molar-refractivity contribution in [3.05, 3.63) is 21.6 Å². The second kappa shape index (κ2) is 4.84. The van der Waals surface area contributed by atoms with E-state index in [9.17, 15) is 0 Å². The highest BCUT2D eigenvalue weighted by Crippen LogP contribution is 2.38. The third-order valence-electron chi connectivity index (χ3n) is 3.15. The van der Waals surface area contributed by atoms with Crippen molar-refractivity contribution in [2.75, 3.05) is 17.2 Å². The number of hydrogen-bond donors (Lipinski definition) is 1. The number of piperidine rings is 1. The standard InChI is InChI=1S/C12H16BrClN2/c1-8-4-2-3-5-16(8)12-10(14)6-9(13)7-11(12)15/h6-8H,2-5,15H2,1H3/t8-/m0/s1. The molecule has 1 aliphatic heterocycles. The number of nitrogen functional groups attached to an aromatic ring is 1. The Labute approximate surface area is 110 Å². The topological polar surface area (TPSA) is 29.3 Å². The van der Waals surface area contributed by atoms with Gasteiger partial charge in [0.15, 0.2) is 0 Å². The molecule has 1 aliphatic rings. The molecule has 0 unspecified atom stereocenters. The molecule has 1 heterocycles. The lowest BCUT2D eigenvalue weighted by atomic mass is 10.0. The van der Waals surface area contributed by atoms with Gasteiger partial charge in [-0.2, -0.15) is 0 Å². The molecule has 0 saturated carbocycles. The van der Waals surface area contributed by atoms with Crippen LogP contribution in [0, 0.1) is 0 Å². The summed E-state index contributed by atoms with van der Waals surface area (Å²) in [6.45, 7) is 3.28. The van der Waals surface area contributed by atoms with Crippen molar-refractivity contribution in [3.63, 3.8) is 0 Å². The molecule has 0 aromatic heterocycles. The first-order valence-corrected chi connectivity index (χ1v) is 6.78. The minimum atomic E-state index is 0.523. The van der Waals surface area contributed by atoms with Gasteiger partial charge in [-0.25, -0.2) is 0 Å². The van der Waals surface area contributed by atoms with Gasteiger partial charge in [0.25, 0.3) is 0 Å². The van der Waals surface area contributed by atoms with Crippen molar-refractivity contribution in [1.29, 1.82) is 0 Å². The van der Waals surface area contributed by atoms with Crippen molar-refractivity contribution in [1.82, 2.24) is 0 Å². The molecular weight excluding hydrogens is 288 g/mol. The van der Waals surface area contributed by atoms with Crippen LogP contribution < -0.4 is 10.6 Å². The second-order valence-electron chi connectivity index (χ2n) is 4.36. The van der Waals surface area contributed by atoms with Crippen LogP contribution in [0.25, 0.3) is 0 Å². The first-order valence-electron chi connectivity index (χ1n) is 5.60. The Morgan fingerprint density at radius 1 is 1.44 bits per heavy atom. The molecule has 1 aromatic rings. The van der Waals surface area contributed by atoms with Gasteiger partial charge in [0.2, 0.25) is 0 Å². The Morgan fingerprint density at radius 3 is 2.81 bits per heavy atom. The van der Waals surface area contributed by atoms with Gasteiger partial charge in [-0.1, -0.05) is 27.5 Å². The largest absolute Gasteiger partial charge is 0.397 e. The van der Waals surface area contributed by atoms with Gasteiger partial charge in [0.05, 0.1) is 16.4 Å². The molecule has 1 aromatic carbocycles. The van der Waals surface area contributed by atoms with Gasteiger partial charge >= 0.3 is 0 Å². The predicted molar refractivity (Wildman–Crippen MR) is 74.2 cm³/mol. The summed E-state index contributed by atoms with van der Waals surface area (Å²) in [7, 11) is 0. The lowest BCUT2D eigenvalue weighted by Crippen LogP contribution is -2.38. The highest BCUT2D eigenvalue weighted by atomic mass is 79.9. The average molecular weight is 304 g/mol. The number of hydrogen-bond acceptors (Lipinski definition) is 2. The van der Waals surface area contributed by atoms with Crippen molar-refractivity contribution < 1.29 is 0 Å². The van der Waals surface area contributed by atoms with E-state index in [1.54, 1.807) is 0 Å². The van der Waals surface area contributed by atoms with E-state index in [1.165, 1.54) is 19.3 Å². The molecule has 0 spiro atoms. The molecule has 0 aliphatic carbocycles. The Morgan fingerprint density at radius 2 is 2.19 bits per heavy atom. The van der Waals surface area contributed by atoms with Gasteiger partial charge in [-0.3, -0.25) is 0 Å². The fourth-order valence-corrected chi connectivity index (χ4v) is 3.26. The van der Waals surface area contributed by atoms with Crippen molar-refractivity contribution in [3.8, 4) is 0 Å². The molecule has 16 heavy (non-hydrogen) atoms. The summed E-state index contributed by atoms with van der Waals surface area (Å²) in [5.74, 6) is 0. The zero-order valence-corrected chi connectivity index (χ0v) is 11.7. The van der Waals surface area contributed by atoms with E-state index < -0.39 is 0 Å². The summed E-state index contributed by atoms with van der Waals surface area (Å²) in [5.41, 5.74) is 7.81. The quantitative estimate of drug-likeness (QED) is 0.793. The van der Waals surface area contributed by atoms with E-state index in [-0.39, 0.29) is 0 Å².